The highest BCUT2D eigenvalue weighted by atomic mass is 32.1. The molecular weight excluding hydrogens is 172 g/mol. The van der Waals surface area contributed by atoms with E-state index in [0.29, 0.717) is 0 Å². The maximum absolute atomic E-state index is 5.22. The lowest BCUT2D eigenvalue weighted by atomic mass is 10.4. The fourth-order valence-corrected chi connectivity index (χ4v) is 1.43. The molecule has 0 aromatic heterocycles. The number of hydrogen-bond donors (Lipinski definition) is 1. The lowest BCUT2D eigenvalue weighted by molar-refractivity contribution is 0.0530. The Morgan fingerprint density at radius 1 is 1.50 bits per heavy atom. The third-order valence-electron chi connectivity index (χ3n) is 1.78. The van der Waals surface area contributed by atoms with E-state index in [1.54, 1.807) is 0 Å². The van der Waals surface area contributed by atoms with Crippen molar-refractivity contribution in [3.05, 3.63) is 10.7 Å². The Labute approximate surface area is 78.5 Å². The molecule has 0 bridgehead atoms. The molecule has 0 saturated carbocycles. The molecule has 0 atom stereocenters. The summed E-state index contributed by atoms with van der Waals surface area (Å²) in [5, 5.41) is 0. The van der Waals surface area contributed by atoms with Crippen LogP contribution < -0.4 is 0 Å². The van der Waals surface area contributed by atoms with Gasteiger partial charge in [-0.1, -0.05) is 0 Å². The van der Waals surface area contributed by atoms with Crippen LogP contribution in [-0.4, -0.2) is 37.9 Å². The van der Waals surface area contributed by atoms with Gasteiger partial charge >= 0.3 is 0 Å². The van der Waals surface area contributed by atoms with Gasteiger partial charge in [-0.2, -0.15) is 0 Å². The van der Waals surface area contributed by atoms with Gasteiger partial charge in [0.25, 0.3) is 0 Å². The maximum Gasteiger partial charge on any atom is 0.136 e. The summed E-state index contributed by atoms with van der Waals surface area (Å²) in [7, 11) is 0. The molecule has 1 aliphatic heterocycles. The zero-order valence-electron chi connectivity index (χ0n) is 7.29. The van der Waals surface area contributed by atoms with Gasteiger partial charge in [0, 0.05) is 18.0 Å². The first-order chi connectivity index (χ1) is 5.75. The van der Waals surface area contributed by atoms with Gasteiger partial charge in [-0.3, -0.25) is 0 Å². The molecule has 0 unspecified atom stereocenters. The minimum absolute atomic E-state index is 0.764. The number of allylic oxidation sites excluding steroid dienone is 1. The molecule has 68 valence electrons. The van der Waals surface area contributed by atoms with E-state index in [2.05, 4.69) is 29.2 Å². The molecule has 1 aliphatic rings. The van der Waals surface area contributed by atoms with E-state index < -0.39 is 0 Å². The van der Waals surface area contributed by atoms with Crippen molar-refractivity contribution >= 4 is 19.3 Å². The van der Waals surface area contributed by atoms with E-state index in [0.717, 1.165) is 37.0 Å². The molecule has 1 saturated heterocycles. The van der Waals surface area contributed by atoms with Crippen molar-refractivity contribution in [2.45, 2.75) is 6.92 Å². The number of ether oxygens (including phenoxy) is 1. The average molecular weight is 186 g/mol. The van der Waals surface area contributed by atoms with E-state index in [-0.39, 0.29) is 0 Å². The van der Waals surface area contributed by atoms with Crippen molar-refractivity contribution in [1.29, 1.82) is 0 Å². The number of hydrogen-bond acceptors (Lipinski definition) is 4. The highest BCUT2D eigenvalue weighted by molar-refractivity contribution is 7.84. The zero-order chi connectivity index (χ0) is 8.97. The lowest BCUT2D eigenvalue weighted by Crippen LogP contribution is -2.35. The van der Waals surface area contributed by atoms with Crippen LogP contribution in [0.15, 0.2) is 15.7 Å². The average Bonchev–Trinajstić information content (AvgIpc) is 2.07. The summed E-state index contributed by atoms with van der Waals surface area (Å²) in [5.74, 6) is 0.877. The minimum Gasteiger partial charge on any atom is -0.378 e. The Morgan fingerprint density at radius 3 is 2.50 bits per heavy atom. The Kier molecular flexibility index (Phi) is 3.62. The molecule has 4 heteroatoms. The fraction of sp³-hybridized carbons (Fsp3) is 0.625. The molecule has 12 heavy (non-hydrogen) atoms. The molecule has 0 spiro atoms. The van der Waals surface area contributed by atoms with Crippen LogP contribution in [0.25, 0.3) is 0 Å². The van der Waals surface area contributed by atoms with Crippen LogP contribution in [0.2, 0.25) is 0 Å². The lowest BCUT2D eigenvalue weighted by Gasteiger charge is -2.29. The van der Waals surface area contributed by atoms with Crippen LogP contribution in [0.1, 0.15) is 6.92 Å². The van der Waals surface area contributed by atoms with Crippen LogP contribution in [0.4, 0.5) is 0 Å². The molecule has 0 aliphatic carbocycles. The van der Waals surface area contributed by atoms with Gasteiger partial charge in [-0.05, 0) is 13.6 Å². The molecule has 0 radical (unpaired) electrons. The van der Waals surface area contributed by atoms with Gasteiger partial charge in [0.05, 0.1) is 13.2 Å². The third kappa shape index (κ3) is 2.25. The maximum atomic E-state index is 5.22. The normalized spacial score (nSPS) is 20.3. The standard InChI is InChI=1S/C8H14N2OS/c1-7(12)8(9-2)10-3-5-11-6-4-10/h12H,2-6H2,1H3/b8-7-. The predicted octanol–water partition coefficient (Wildman–Crippen LogP) is 1.14. The molecule has 0 amide bonds. The topological polar surface area (TPSA) is 24.8 Å². The van der Waals surface area contributed by atoms with Gasteiger partial charge in [0.2, 0.25) is 0 Å². The van der Waals surface area contributed by atoms with Crippen LogP contribution in [-0.2, 0) is 4.74 Å². The smallest absolute Gasteiger partial charge is 0.136 e. The van der Waals surface area contributed by atoms with Crippen molar-refractivity contribution in [3.8, 4) is 0 Å². The molecule has 0 aromatic carbocycles. The van der Waals surface area contributed by atoms with Crippen LogP contribution in [0.5, 0.6) is 0 Å². The third-order valence-corrected chi connectivity index (χ3v) is 1.98. The number of thiol groups is 1. The summed E-state index contributed by atoms with van der Waals surface area (Å²) in [4.78, 5) is 6.98. The van der Waals surface area contributed by atoms with E-state index in [4.69, 9.17) is 4.74 Å². The highest BCUT2D eigenvalue weighted by Gasteiger charge is 2.13. The number of rotatable bonds is 2. The van der Waals surface area contributed by atoms with Gasteiger partial charge in [-0.15, -0.1) is 12.6 Å². The first kappa shape index (κ1) is 9.61. The first-order valence-corrected chi connectivity index (χ1v) is 4.39. The second kappa shape index (κ2) is 4.52. The number of aliphatic imine (C=N–C) groups is 1. The quantitative estimate of drug-likeness (QED) is 0.516. The van der Waals surface area contributed by atoms with Gasteiger partial charge in [0.1, 0.15) is 5.82 Å². The molecular formula is C8H14N2OS. The molecule has 1 heterocycles. The fourth-order valence-electron chi connectivity index (χ4n) is 1.22. The van der Waals surface area contributed by atoms with E-state index in [1.807, 2.05) is 6.92 Å². The minimum atomic E-state index is 0.764. The Hall–Kier alpha value is -0.480. The van der Waals surface area contributed by atoms with Crippen molar-refractivity contribution in [3.63, 3.8) is 0 Å². The summed E-state index contributed by atoms with van der Waals surface area (Å²) in [5.41, 5.74) is 0. The summed E-state index contributed by atoms with van der Waals surface area (Å²) in [6.07, 6.45) is 0. The van der Waals surface area contributed by atoms with Crippen molar-refractivity contribution in [1.82, 2.24) is 4.90 Å². The summed E-state index contributed by atoms with van der Waals surface area (Å²) in [6, 6.07) is 0. The molecule has 0 N–H and O–H groups in total. The predicted molar refractivity (Wildman–Crippen MR) is 53.6 cm³/mol. The second-order valence-electron chi connectivity index (χ2n) is 2.67. The second-order valence-corrected chi connectivity index (χ2v) is 3.34. The van der Waals surface area contributed by atoms with Crippen LogP contribution in [0.3, 0.4) is 0 Å². The molecule has 1 rings (SSSR count). The van der Waals surface area contributed by atoms with Crippen LogP contribution >= 0.6 is 12.6 Å². The molecule has 0 aromatic rings. The van der Waals surface area contributed by atoms with Crippen LogP contribution in [0, 0.1) is 0 Å². The van der Waals surface area contributed by atoms with E-state index in [9.17, 15) is 0 Å². The summed E-state index contributed by atoms with van der Waals surface area (Å²) >= 11 is 4.25. The Bertz CT molecular complexity index is 193. The van der Waals surface area contributed by atoms with Crippen molar-refractivity contribution in [2.24, 2.45) is 4.99 Å². The largest absolute Gasteiger partial charge is 0.378 e. The SMILES string of the molecule is C=N/C(=C(\C)S)N1CCOCC1. The van der Waals surface area contributed by atoms with Gasteiger partial charge in [-0.25, -0.2) is 4.99 Å². The van der Waals surface area contributed by atoms with Gasteiger partial charge in [0.15, 0.2) is 0 Å². The first-order valence-electron chi connectivity index (χ1n) is 3.95. The number of nitrogens with zero attached hydrogens (tertiary/aromatic N) is 2. The summed E-state index contributed by atoms with van der Waals surface area (Å²) < 4.78 is 5.22. The zero-order valence-corrected chi connectivity index (χ0v) is 8.18. The van der Waals surface area contributed by atoms with E-state index in [1.165, 1.54) is 0 Å². The van der Waals surface area contributed by atoms with Gasteiger partial charge < -0.3 is 9.64 Å². The number of morpholine rings is 1. The van der Waals surface area contributed by atoms with E-state index >= 15 is 0 Å². The molecule has 1 fully saturated rings. The molecule has 3 nitrogen and oxygen atoms in total. The Morgan fingerprint density at radius 2 is 2.08 bits per heavy atom. The Balaban J connectivity index is 2.65. The summed E-state index contributed by atoms with van der Waals surface area (Å²) in [6.45, 7) is 8.73. The monoisotopic (exact) mass is 186 g/mol. The highest BCUT2D eigenvalue weighted by Crippen LogP contribution is 2.15. The van der Waals surface area contributed by atoms with Crippen molar-refractivity contribution in [2.75, 3.05) is 26.3 Å². The van der Waals surface area contributed by atoms with Crippen molar-refractivity contribution < 1.29 is 4.74 Å².